The molecule has 0 spiro atoms. The second-order valence-electron chi connectivity index (χ2n) is 6.82. The van der Waals surface area contributed by atoms with Crippen molar-refractivity contribution in [2.75, 3.05) is 11.1 Å². The number of amides is 1. The van der Waals surface area contributed by atoms with Gasteiger partial charge >= 0.3 is 5.97 Å². The number of allylic oxidation sites excluding steroid dienone is 1. The number of nitrogens with one attached hydrogen (secondary N) is 1. The molecule has 1 N–H and O–H groups in total. The van der Waals surface area contributed by atoms with Crippen LogP contribution in [0.15, 0.2) is 66.6 Å². The predicted octanol–water partition coefficient (Wildman–Crippen LogP) is 3.82. The summed E-state index contributed by atoms with van der Waals surface area (Å²) < 4.78 is 7.04. The first-order valence-corrected chi connectivity index (χ1v) is 10.6. The maximum atomic E-state index is 12.4. The van der Waals surface area contributed by atoms with Gasteiger partial charge in [-0.2, -0.15) is 0 Å². The van der Waals surface area contributed by atoms with Crippen molar-refractivity contribution in [3.8, 4) is 11.4 Å². The number of hydrogen-bond donors (Lipinski definition) is 1. The van der Waals surface area contributed by atoms with Crippen LogP contribution in [0.3, 0.4) is 0 Å². The fraction of sp³-hybridized carbons (Fsp3) is 0.227. The Bertz CT molecular complexity index is 1050. The highest BCUT2D eigenvalue weighted by molar-refractivity contribution is 7.99. The molecule has 8 nitrogen and oxygen atoms in total. The van der Waals surface area contributed by atoms with E-state index in [1.807, 2.05) is 16.7 Å². The lowest BCUT2D eigenvalue weighted by Crippen LogP contribution is -2.15. The van der Waals surface area contributed by atoms with Gasteiger partial charge in [0.25, 0.3) is 0 Å². The van der Waals surface area contributed by atoms with Crippen LogP contribution in [0.4, 0.5) is 5.69 Å². The van der Waals surface area contributed by atoms with E-state index in [0.717, 1.165) is 5.56 Å². The Hall–Kier alpha value is -3.46. The molecule has 0 atom stereocenters. The van der Waals surface area contributed by atoms with Gasteiger partial charge in [-0.05, 0) is 50.2 Å². The van der Waals surface area contributed by atoms with Crippen LogP contribution in [0.5, 0.6) is 0 Å². The van der Waals surface area contributed by atoms with Crippen LogP contribution in [0.2, 0.25) is 0 Å². The number of aromatic nitrogens is 4. The van der Waals surface area contributed by atoms with E-state index in [2.05, 4.69) is 27.1 Å². The summed E-state index contributed by atoms with van der Waals surface area (Å²) >= 11 is 1.28. The molecular weight excluding hydrogens is 414 g/mol. The molecule has 3 rings (SSSR count). The van der Waals surface area contributed by atoms with Gasteiger partial charge in [-0.15, -0.1) is 16.8 Å². The summed E-state index contributed by atoms with van der Waals surface area (Å²) in [6.07, 6.45) is 4.97. The summed E-state index contributed by atoms with van der Waals surface area (Å²) in [6.45, 7) is 7.88. The second-order valence-corrected chi connectivity index (χ2v) is 7.76. The normalized spacial score (nSPS) is 10.7. The fourth-order valence-corrected chi connectivity index (χ4v) is 3.44. The Morgan fingerprint density at radius 1 is 1.23 bits per heavy atom. The van der Waals surface area contributed by atoms with Crippen molar-refractivity contribution in [1.82, 2.24) is 19.7 Å². The maximum absolute atomic E-state index is 12.4. The number of pyridine rings is 1. The standard InChI is InChI=1S/C22H23N5O3S/c1-4-12-27-20(17-6-5-11-23-13-17)25-26-22(27)31-14-19(28)24-18-9-7-16(8-10-18)21(29)30-15(2)3/h4-11,13,15H,1,12,14H2,2-3H3,(H,24,28). The highest BCUT2D eigenvalue weighted by Gasteiger charge is 2.15. The lowest BCUT2D eigenvalue weighted by atomic mass is 10.2. The summed E-state index contributed by atoms with van der Waals surface area (Å²) in [7, 11) is 0. The van der Waals surface area contributed by atoms with Gasteiger partial charge in [0, 0.05) is 30.2 Å². The molecule has 0 aliphatic heterocycles. The third-order valence-corrected chi connectivity index (χ3v) is 4.99. The smallest absolute Gasteiger partial charge is 0.338 e. The van der Waals surface area contributed by atoms with E-state index in [1.165, 1.54) is 11.8 Å². The first-order chi connectivity index (χ1) is 15.0. The van der Waals surface area contributed by atoms with Gasteiger partial charge in [-0.3, -0.25) is 14.3 Å². The van der Waals surface area contributed by atoms with E-state index >= 15 is 0 Å². The molecule has 0 bridgehead atoms. The lowest BCUT2D eigenvalue weighted by molar-refractivity contribution is -0.113. The van der Waals surface area contributed by atoms with E-state index in [1.54, 1.807) is 56.6 Å². The maximum Gasteiger partial charge on any atom is 0.338 e. The van der Waals surface area contributed by atoms with E-state index < -0.39 is 5.97 Å². The molecule has 1 aromatic carbocycles. The van der Waals surface area contributed by atoms with E-state index in [0.29, 0.717) is 28.8 Å². The molecule has 9 heteroatoms. The second kappa shape index (κ2) is 10.5. The minimum atomic E-state index is -0.394. The Morgan fingerprint density at radius 3 is 2.65 bits per heavy atom. The van der Waals surface area contributed by atoms with Crippen LogP contribution in [0, 0.1) is 0 Å². The van der Waals surface area contributed by atoms with Crippen molar-refractivity contribution in [2.45, 2.75) is 31.7 Å². The molecule has 3 aromatic rings. The van der Waals surface area contributed by atoms with Crippen LogP contribution in [-0.4, -0.2) is 43.5 Å². The lowest BCUT2D eigenvalue weighted by Gasteiger charge is -2.09. The largest absolute Gasteiger partial charge is 0.459 e. The number of nitrogens with zero attached hydrogens (tertiary/aromatic N) is 4. The van der Waals surface area contributed by atoms with Crippen LogP contribution in [0.25, 0.3) is 11.4 Å². The average Bonchev–Trinajstić information content (AvgIpc) is 3.16. The zero-order valence-electron chi connectivity index (χ0n) is 17.3. The van der Waals surface area contributed by atoms with Crippen molar-refractivity contribution in [1.29, 1.82) is 0 Å². The van der Waals surface area contributed by atoms with E-state index in [-0.39, 0.29) is 17.8 Å². The van der Waals surface area contributed by atoms with Gasteiger partial charge in [0.05, 0.1) is 17.4 Å². The molecular formula is C22H23N5O3S. The van der Waals surface area contributed by atoms with E-state index in [9.17, 15) is 9.59 Å². The molecule has 0 aliphatic carbocycles. The average molecular weight is 438 g/mol. The van der Waals surface area contributed by atoms with Crippen molar-refractivity contribution in [2.24, 2.45) is 0 Å². The number of ether oxygens (including phenoxy) is 1. The number of hydrogen-bond acceptors (Lipinski definition) is 7. The minimum absolute atomic E-state index is 0.152. The number of esters is 1. The first kappa shape index (κ1) is 22.2. The molecule has 0 unspecified atom stereocenters. The molecule has 0 radical (unpaired) electrons. The van der Waals surface area contributed by atoms with Crippen LogP contribution >= 0.6 is 11.8 Å². The summed E-state index contributed by atoms with van der Waals surface area (Å²) in [5, 5.41) is 11.9. The Labute approximate surface area is 184 Å². The third kappa shape index (κ3) is 6.02. The topological polar surface area (TPSA) is 99.0 Å². The zero-order chi connectivity index (χ0) is 22.2. The van der Waals surface area contributed by atoms with Crippen LogP contribution in [0.1, 0.15) is 24.2 Å². The van der Waals surface area contributed by atoms with Crippen LogP contribution in [-0.2, 0) is 16.1 Å². The fourth-order valence-electron chi connectivity index (χ4n) is 2.70. The monoisotopic (exact) mass is 437 g/mol. The summed E-state index contributed by atoms with van der Waals surface area (Å²) in [5.41, 5.74) is 1.86. The molecule has 160 valence electrons. The first-order valence-electron chi connectivity index (χ1n) is 9.66. The molecule has 2 aromatic heterocycles. The highest BCUT2D eigenvalue weighted by atomic mass is 32.2. The van der Waals surface area contributed by atoms with E-state index in [4.69, 9.17) is 4.74 Å². The number of anilines is 1. The summed E-state index contributed by atoms with van der Waals surface area (Å²) in [5.74, 6) is 0.229. The van der Waals surface area contributed by atoms with Crippen molar-refractivity contribution in [3.63, 3.8) is 0 Å². The number of carbonyl (C=O) groups excluding carboxylic acids is 2. The Kier molecular flexibility index (Phi) is 7.55. The number of rotatable bonds is 9. The van der Waals surface area contributed by atoms with Crippen molar-refractivity contribution >= 4 is 29.3 Å². The number of carbonyl (C=O) groups is 2. The van der Waals surface area contributed by atoms with Gasteiger partial charge in [0.1, 0.15) is 0 Å². The SMILES string of the molecule is C=CCn1c(SCC(=O)Nc2ccc(C(=O)OC(C)C)cc2)nnc1-c1cccnc1. The van der Waals surface area contributed by atoms with Gasteiger partial charge in [-0.25, -0.2) is 4.79 Å². The molecule has 2 heterocycles. The molecule has 0 aliphatic rings. The van der Waals surface area contributed by atoms with Gasteiger partial charge in [0.15, 0.2) is 11.0 Å². The number of thioether (sulfide) groups is 1. The Morgan fingerprint density at radius 2 is 2.00 bits per heavy atom. The van der Waals surface area contributed by atoms with Gasteiger partial charge in [-0.1, -0.05) is 17.8 Å². The van der Waals surface area contributed by atoms with Gasteiger partial charge < -0.3 is 10.1 Å². The molecule has 1 amide bonds. The minimum Gasteiger partial charge on any atom is -0.459 e. The Balaban J connectivity index is 1.61. The van der Waals surface area contributed by atoms with Crippen molar-refractivity contribution in [3.05, 3.63) is 67.0 Å². The highest BCUT2D eigenvalue weighted by Crippen LogP contribution is 2.23. The van der Waals surface area contributed by atoms with Gasteiger partial charge in [0.2, 0.25) is 5.91 Å². The molecule has 31 heavy (non-hydrogen) atoms. The summed E-state index contributed by atoms with van der Waals surface area (Å²) in [6, 6.07) is 10.3. The van der Waals surface area contributed by atoms with Crippen molar-refractivity contribution < 1.29 is 14.3 Å². The zero-order valence-corrected chi connectivity index (χ0v) is 18.1. The third-order valence-electron chi connectivity index (χ3n) is 4.03. The summed E-state index contributed by atoms with van der Waals surface area (Å²) in [4.78, 5) is 28.4. The molecule has 0 saturated carbocycles. The quantitative estimate of drug-likeness (QED) is 0.309. The predicted molar refractivity (Wildman–Crippen MR) is 120 cm³/mol. The van der Waals surface area contributed by atoms with Crippen LogP contribution < -0.4 is 5.32 Å². The molecule has 0 saturated heterocycles. The number of benzene rings is 1. The molecule has 0 fully saturated rings.